The minimum Gasteiger partial charge on any atom is -0.497 e. The fourth-order valence-electron chi connectivity index (χ4n) is 2.27. The van der Waals surface area contributed by atoms with Crippen molar-refractivity contribution >= 4 is 11.7 Å². The van der Waals surface area contributed by atoms with E-state index in [4.69, 9.17) is 4.74 Å². The largest absolute Gasteiger partial charge is 0.497 e. The van der Waals surface area contributed by atoms with Crippen LogP contribution < -0.4 is 9.64 Å². The molecule has 0 fully saturated rings. The monoisotopic (exact) mass is 265 g/mol. The zero-order chi connectivity index (χ0) is 14.5. The first kappa shape index (κ1) is 15.3. The van der Waals surface area contributed by atoms with Crippen molar-refractivity contribution in [3.05, 3.63) is 24.3 Å². The van der Waals surface area contributed by atoms with Crippen LogP contribution in [-0.2, 0) is 4.79 Å². The third kappa shape index (κ3) is 3.88. The number of nitrogens with zero attached hydrogens (tertiary/aromatic N) is 1. The van der Waals surface area contributed by atoms with E-state index in [1.165, 1.54) is 0 Å². The van der Waals surface area contributed by atoms with Gasteiger partial charge in [0.1, 0.15) is 5.75 Å². The first-order valence-corrected chi connectivity index (χ1v) is 6.51. The highest BCUT2D eigenvalue weighted by Gasteiger charge is 2.33. The van der Waals surface area contributed by atoms with E-state index in [0.29, 0.717) is 13.0 Å². The summed E-state index contributed by atoms with van der Waals surface area (Å²) in [5, 5.41) is 9.41. The number of ether oxygens (including phenoxy) is 1. The lowest BCUT2D eigenvalue weighted by Crippen LogP contribution is -2.39. The molecule has 0 bridgehead atoms. The molecule has 106 valence electrons. The van der Waals surface area contributed by atoms with E-state index in [2.05, 4.69) is 0 Å². The summed E-state index contributed by atoms with van der Waals surface area (Å²) in [5.74, 6) is 0.0287. The maximum Gasteiger partial charge on any atom is 0.311 e. The number of methoxy groups -OCH3 is 1. The van der Waals surface area contributed by atoms with Crippen molar-refractivity contribution in [2.45, 2.75) is 26.7 Å². The molecule has 0 aliphatic rings. The average Bonchev–Trinajstić information content (AvgIpc) is 2.38. The van der Waals surface area contributed by atoms with Crippen molar-refractivity contribution in [3.63, 3.8) is 0 Å². The van der Waals surface area contributed by atoms with Crippen molar-refractivity contribution in [3.8, 4) is 5.75 Å². The van der Waals surface area contributed by atoms with Gasteiger partial charge in [0, 0.05) is 25.3 Å². The van der Waals surface area contributed by atoms with E-state index in [1.807, 2.05) is 43.1 Å². The van der Waals surface area contributed by atoms with Crippen LogP contribution in [0.5, 0.6) is 5.75 Å². The molecular weight excluding hydrogens is 242 g/mol. The predicted octanol–water partition coefficient (Wildman–Crippen LogP) is 3.02. The summed E-state index contributed by atoms with van der Waals surface area (Å²) in [6, 6.07) is 7.65. The van der Waals surface area contributed by atoms with Crippen LogP contribution in [0.1, 0.15) is 26.7 Å². The summed E-state index contributed by atoms with van der Waals surface area (Å²) in [4.78, 5) is 13.4. The van der Waals surface area contributed by atoms with Gasteiger partial charge >= 0.3 is 5.97 Å². The van der Waals surface area contributed by atoms with Gasteiger partial charge in [-0.15, -0.1) is 0 Å². The van der Waals surface area contributed by atoms with Gasteiger partial charge in [-0.2, -0.15) is 0 Å². The average molecular weight is 265 g/mol. The van der Waals surface area contributed by atoms with Crippen LogP contribution >= 0.6 is 0 Å². The number of aliphatic carboxylic acids is 1. The molecule has 4 heteroatoms. The second-order valence-electron chi connectivity index (χ2n) is 5.17. The Hall–Kier alpha value is -1.71. The van der Waals surface area contributed by atoms with Crippen molar-refractivity contribution in [1.29, 1.82) is 0 Å². The summed E-state index contributed by atoms with van der Waals surface area (Å²) >= 11 is 0. The topological polar surface area (TPSA) is 49.8 Å². The Labute approximate surface area is 115 Å². The highest BCUT2D eigenvalue weighted by molar-refractivity contribution is 5.75. The predicted molar refractivity (Wildman–Crippen MR) is 76.9 cm³/mol. The fraction of sp³-hybridized carbons (Fsp3) is 0.533. The molecule has 0 aliphatic heterocycles. The minimum atomic E-state index is -0.746. The van der Waals surface area contributed by atoms with Crippen molar-refractivity contribution in [2.24, 2.45) is 5.41 Å². The molecule has 19 heavy (non-hydrogen) atoms. The van der Waals surface area contributed by atoms with Gasteiger partial charge in [-0.1, -0.05) is 19.4 Å². The Morgan fingerprint density at radius 3 is 2.68 bits per heavy atom. The Balaban J connectivity index is 2.87. The van der Waals surface area contributed by atoms with E-state index >= 15 is 0 Å². The summed E-state index contributed by atoms with van der Waals surface area (Å²) in [6.45, 7) is 4.28. The molecular formula is C15H23NO3. The highest BCUT2D eigenvalue weighted by atomic mass is 16.5. The Morgan fingerprint density at radius 2 is 2.16 bits per heavy atom. The minimum absolute atomic E-state index is 0.476. The number of carboxylic acid groups (broad SMARTS) is 1. The lowest BCUT2D eigenvalue weighted by atomic mass is 9.85. The molecule has 0 amide bonds. The van der Waals surface area contributed by atoms with Gasteiger partial charge in [0.25, 0.3) is 0 Å². The quantitative estimate of drug-likeness (QED) is 0.823. The lowest BCUT2D eigenvalue weighted by Gasteiger charge is -2.31. The molecule has 1 N–H and O–H groups in total. The van der Waals surface area contributed by atoms with Crippen LogP contribution in [0.3, 0.4) is 0 Å². The second-order valence-corrected chi connectivity index (χ2v) is 5.17. The van der Waals surface area contributed by atoms with Crippen LogP contribution in [-0.4, -0.2) is 31.8 Å². The maximum atomic E-state index is 11.4. The van der Waals surface area contributed by atoms with Crippen molar-refractivity contribution in [1.82, 2.24) is 0 Å². The number of anilines is 1. The van der Waals surface area contributed by atoms with E-state index < -0.39 is 11.4 Å². The zero-order valence-electron chi connectivity index (χ0n) is 12.1. The molecule has 1 atom stereocenters. The maximum absolute atomic E-state index is 11.4. The third-order valence-corrected chi connectivity index (χ3v) is 3.40. The van der Waals surface area contributed by atoms with Crippen LogP contribution in [0.4, 0.5) is 5.69 Å². The molecule has 0 saturated heterocycles. The van der Waals surface area contributed by atoms with Gasteiger partial charge in [0.2, 0.25) is 0 Å². The third-order valence-electron chi connectivity index (χ3n) is 3.40. The van der Waals surface area contributed by atoms with Crippen molar-refractivity contribution in [2.75, 3.05) is 25.6 Å². The summed E-state index contributed by atoms with van der Waals surface area (Å²) in [5.41, 5.74) is 0.231. The molecule has 4 nitrogen and oxygen atoms in total. The fourth-order valence-corrected chi connectivity index (χ4v) is 2.27. The molecule has 0 aliphatic carbocycles. The Kier molecular flexibility index (Phi) is 5.21. The number of rotatable bonds is 7. The summed E-state index contributed by atoms with van der Waals surface area (Å²) < 4.78 is 5.19. The lowest BCUT2D eigenvalue weighted by molar-refractivity contribution is -0.147. The Morgan fingerprint density at radius 1 is 1.47 bits per heavy atom. The van der Waals surface area contributed by atoms with Crippen LogP contribution in [0, 0.1) is 5.41 Å². The smallest absolute Gasteiger partial charge is 0.311 e. The van der Waals surface area contributed by atoms with Gasteiger partial charge in [0.15, 0.2) is 0 Å². The summed E-state index contributed by atoms with van der Waals surface area (Å²) in [7, 11) is 3.53. The van der Waals surface area contributed by atoms with Crippen LogP contribution in [0.25, 0.3) is 0 Å². The van der Waals surface area contributed by atoms with Gasteiger partial charge in [-0.25, -0.2) is 0 Å². The van der Waals surface area contributed by atoms with E-state index in [1.54, 1.807) is 14.0 Å². The normalized spacial score (nSPS) is 13.7. The molecule has 0 heterocycles. The van der Waals surface area contributed by atoms with Crippen LogP contribution in [0.2, 0.25) is 0 Å². The number of carbonyl (C=O) groups is 1. The first-order chi connectivity index (χ1) is 8.92. The molecule has 0 spiro atoms. The molecule has 0 radical (unpaired) electrons. The van der Waals surface area contributed by atoms with Crippen molar-refractivity contribution < 1.29 is 14.6 Å². The standard InChI is InChI=1S/C15H23NO3/c1-5-9-15(2,14(17)18)11-16(3)12-7-6-8-13(10-12)19-4/h6-8,10H,5,9,11H2,1-4H3,(H,17,18). The highest BCUT2D eigenvalue weighted by Crippen LogP contribution is 2.28. The number of benzene rings is 1. The first-order valence-electron chi connectivity index (χ1n) is 6.51. The molecule has 1 aromatic rings. The van der Waals surface area contributed by atoms with Crippen LogP contribution in [0.15, 0.2) is 24.3 Å². The van der Waals surface area contributed by atoms with E-state index in [0.717, 1.165) is 17.9 Å². The summed E-state index contributed by atoms with van der Waals surface area (Å²) in [6.07, 6.45) is 1.52. The SMILES string of the molecule is CCCC(C)(CN(C)c1cccc(OC)c1)C(=O)O. The molecule has 1 aromatic carbocycles. The zero-order valence-corrected chi connectivity index (χ0v) is 12.1. The van der Waals surface area contributed by atoms with Gasteiger partial charge < -0.3 is 14.7 Å². The molecule has 1 rings (SSSR count). The van der Waals surface area contributed by atoms with E-state index in [-0.39, 0.29) is 0 Å². The number of hydrogen-bond acceptors (Lipinski definition) is 3. The Bertz CT molecular complexity index is 433. The van der Waals surface area contributed by atoms with Gasteiger partial charge in [-0.3, -0.25) is 4.79 Å². The van der Waals surface area contributed by atoms with Gasteiger partial charge in [0.05, 0.1) is 12.5 Å². The second kappa shape index (κ2) is 6.45. The molecule has 0 aromatic heterocycles. The van der Waals surface area contributed by atoms with E-state index in [9.17, 15) is 9.90 Å². The number of hydrogen-bond donors (Lipinski definition) is 1. The molecule has 1 unspecified atom stereocenters. The van der Waals surface area contributed by atoms with Gasteiger partial charge in [-0.05, 0) is 25.5 Å². The number of carboxylic acids is 1. The molecule has 0 saturated carbocycles.